The first kappa shape index (κ1) is 16.9. The van der Waals surface area contributed by atoms with Gasteiger partial charge in [0.1, 0.15) is 0 Å². The molecular weight excluding hydrogens is 312 g/mol. The number of hydrazone groups is 1. The topological polar surface area (TPSA) is 120 Å². The molecule has 0 aliphatic heterocycles. The first-order valence-corrected chi connectivity index (χ1v) is 7.03. The van der Waals surface area contributed by atoms with E-state index in [1.165, 1.54) is 0 Å². The van der Waals surface area contributed by atoms with Gasteiger partial charge in [-0.3, -0.25) is 14.9 Å². The number of hydrogen-bond acceptors (Lipinski definition) is 6. The maximum atomic E-state index is 11.7. The summed E-state index contributed by atoms with van der Waals surface area (Å²) in [6.07, 6.45) is 1.08. The molecule has 0 heterocycles. The van der Waals surface area contributed by atoms with Gasteiger partial charge in [0.15, 0.2) is 0 Å². The lowest BCUT2D eigenvalue weighted by molar-refractivity contribution is -0.385. The molecule has 0 bridgehead atoms. The predicted molar refractivity (Wildman–Crippen MR) is 87.9 cm³/mol. The highest BCUT2D eigenvalue weighted by Crippen LogP contribution is 2.18. The quantitative estimate of drug-likeness (QED) is 0.474. The smallest absolute Gasteiger partial charge is 0.270 e. The third kappa shape index (κ3) is 4.80. The lowest BCUT2D eigenvalue weighted by atomic mass is 10.2. The van der Waals surface area contributed by atoms with Crippen molar-refractivity contribution in [2.24, 2.45) is 5.10 Å². The minimum Gasteiger partial charge on any atom is -0.872 e. The molecule has 24 heavy (non-hydrogen) atoms. The molecule has 124 valence electrons. The number of benzene rings is 2. The van der Waals surface area contributed by atoms with Crippen LogP contribution in [-0.2, 0) is 4.79 Å². The van der Waals surface area contributed by atoms with Crippen LogP contribution in [0, 0.1) is 17.0 Å². The van der Waals surface area contributed by atoms with E-state index >= 15 is 0 Å². The van der Waals surface area contributed by atoms with Crippen LogP contribution < -0.4 is 15.8 Å². The maximum absolute atomic E-state index is 11.7. The molecule has 0 aromatic heterocycles. The molecule has 0 atom stereocenters. The molecule has 2 aromatic carbocycles. The number of amides is 1. The third-order valence-corrected chi connectivity index (χ3v) is 3.10. The summed E-state index contributed by atoms with van der Waals surface area (Å²) in [7, 11) is 0. The predicted octanol–water partition coefficient (Wildman–Crippen LogP) is 1.54. The van der Waals surface area contributed by atoms with Crippen molar-refractivity contribution in [1.29, 1.82) is 0 Å². The lowest BCUT2D eigenvalue weighted by Crippen LogP contribution is -2.25. The van der Waals surface area contributed by atoms with Gasteiger partial charge in [0.2, 0.25) is 0 Å². The van der Waals surface area contributed by atoms with Crippen LogP contribution in [0.1, 0.15) is 11.1 Å². The standard InChI is InChI=1S/C16H16N4O4/c1-11-2-4-13(5-3-11)17-10-16(22)19-18-9-12-8-14(20(23)24)6-7-15(12)21/h2-9,17,21H,10H2,1H3,(H,19,22)/p-1. The Hall–Kier alpha value is -3.42. The van der Waals surface area contributed by atoms with Crippen LogP contribution in [-0.4, -0.2) is 23.6 Å². The monoisotopic (exact) mass is 327 g/mol. The first-order chi connectivity index (χ1) is 11.5. The highest BCUT2D eigenvalue weighted by atomic mass is 16.6. The molecule has 2 N–H and O–H groups in total. The number of rotatable bonds is 6. The number of nitro benzene ring substituents is 1. The minimum absolute atomic E-state index is 0.000426. The number of nitrogens with zero attached hydrogens (tertiary/aromatic N) is 2. The summed E-state index contributed by atoms with van der Waals surface area (Å²) >= 11 is 0. The van der Waals surface area contributed by atoms with Gasteiger partial charge < -0.3 is 10.4 Å². The fourth-order valence-electron chi connectivity index (χ4n) is 1.82. The van der Waals surface area contributed by atoms with Crippen molar-refractivity contribution in [3.8, 4) is 5.75 Å². The Labute approximate surface area is 138 Å². The van der Waals surface area contributed by atoms with Gasteiger partial charge in [-0.1, -0.05) is 29.5 Å². The van der Waals surface area contributed by atoms with Crippen molar-refractivity contribution in [3.63, 3.8) is 0 Å². The number of carbonyl (C=O) groups excluding carboxylic acids is 1. The van der Waals surface area contributed by atoms with Crippen LogP contribution in [0.4, 0.5) is 11.4 Å². The van der Waals surface area contributed by atoms with Crippen LogP contribution >= 0.6 is 0 Å². The zero-order valence-electron chi connectivity index (χ0n) is 12.9. The molecule has 2 aromatic rings. The minimum atomic E-state index is -0.610. The number of anilines is 1. The number of nitrogens with one attached hydrogen (secondary N) is 2. The molecule has 0 saturated heterocycles. The van der Waals surface area contributed by atoms with Crippen LogP contribution in [0.3, 0.4) is 0 Å². The molecule has 0 saturated carbocycles. The molecule has 0 spiro atoms. The van der Waals surface area contributed by atoms with E-state index in [1.807, 2.05) is 31.2 Å². The van der Waals surface area contributed by atoms with Gasteiger partial charge >= 0.3 is 0 Å². The maximum Gasteiger partial charge on any atom is 0.270 e. The highest BCUT2D eigenvalue weighted by Gasteiger charge is 2.05. The third-order valence-electron chi connectivity index (χ3n) is 3.10. The van der Waals surface area contributed by atoms with Crippen LogP contribution in [0.2, 0.25) is 0 Å². The van der Waals surface area contributed by atoms with E-state index in [4.69, 9.17) is 0 Å². The molecule has 0 aliphatic rings. The van der Waals surface area contributed by atoms with Crippen molar-refractivity contribution < 1.29 is 14.8 Å². The van der Waals surface area contributed by atoms with Gasteiger partial charge in [0.05, 0.1) is 17.7 Å². The molecular formula is C16H15N4O4-. The van der Waals surface area contributed by atoms with Crippen molar-refractivity contribution in [2.75, 3.05) is 11.9 Å². The number of aryl methyl sites for hydroxylation is 1. The van der Waals surface area contributed by atoms with E-state index in [2.05, 4.69) is 15.8 Å². The van der Waals surface area contributed by atoms with E-state index in [9.17, 15) is 20.0 Å². The molecule has 8 heteroatoms. The number of hydrogen-bond donors (Lipinski definition) is 2. The van der Waals surface area contributed by atoms with Crippen molar-refractivity contribution in [2.45, 2.75) is 6.92 Å². The Balaban J connectivity index is 1.89. The zero-order chi connectivity index (χ0) is 17.5. The molecule has 1 amide bonds. The van der Waals surface area contributed by atoms with E-state index in [-0.39, 0.29) is 17.8 Å². The normalized spacial score (nSPS) is 10.5. The van der Waals surface area contributed by atoms with E-state index < -0.39 is 16.6 Å². The van der Waals surface area contributed by atoms with E-state index in [1.54, 1.807) is 0 Å². The van der Waals surface area contributed by atoms with Crippen LogP contribution in [0.5, 0.6) is 5.75 Å². The number of non-ortho nitro benzene ring substituents is 1. The summed E-state index contributed by atoms with van der Waals surface area (Å²) < 4.78 is 0. The Morgan fingerprint density at radius 1 is 1.25 bits per heavy atom. The highest BCUT2D eigenvalue weighted by molar-refractivity contribution is 5.86. The summed E-state index contributed by atoms with van der Waals surface area (Å²) in [6, 6.07) is 10.8. The Kier molecular flexibility index (Phi) is 5.45. The van der Waals surface area contributed by atoms with E-state index in [0.717, 1.165) is 35.7 Å². The van der Waals surface area contributed by atoms with E-state index in [0.29, 0.717) is 0 Å². The molecule has 0 unspecified atom stereocenters. The fraction of sp³-hybridized carbons (Fsp3) is 0.125. The average Bonchev–Trinajstić information content (AvgIpc) is 2.56. The van der Waals surface area contributed by atoms with Gasteiger partial charge in [-0.05, 0) is 24.6 Å². The first-order valence-electron chi connectivity index (χ1n) is 7.03. The van der Waals surface area contributed by atoms with Crippen molar-refractivity contribution in [1.82, 2.24) is 5.43 Å². The molecule has 0 fully saturated rings. The Morgan fingerprint density at radius 2 is 1.96 bits per heavy atom. The Morgan fingerprint density at radius 3 is 2.62 bits per heavy atom. The van der Waals surface area contributed by atoms with Gasteiger partial charge in [0, 0.05) is 17.8 Å². The van der Waals surface area contributed by atoms with Gasteiger partial charge in [0.25, 0.3) is 11.6 Å². The molecule has 2 rings (SSSR count). The fourth-order valence-corrected chi connectivity index (χ4v) is 1.82. The summed E-state index contributed by atoms with van der Waals surface area (Å²) in [5.41, 5.74) is 3.96. The Bertz CT molecular complexity index is 772. The van der Waals surface area contributed by atoms with Crippen LogP contribution in [0.15, 0.2) is 47.6 Å². The second-order valence-corrected chi connectivity index (χ2v) is 4.99. The second-order valence-electron chi connectivity index (χ2n) is 4.99. The summed E-state index contributed by atoms with van der Waals surface area (Å²) in [5, 5.41) is 28.8. The van der Waals surface area contributed by atoms with Crippen molar-refractivity contribution >= 4 is 23.5 Å². The van der Waals surface area contributed by atoms with Gasteiger partial charge in [-0.15, -0.1) is 0 Å². The SMILES string of the molecule is Cc1ccc(NCC(=O)NN=Cc2cc([N+](=O)[O-])ccc2[O-])cc1. The summed E-state index contributed by atoms with van der Waals surface area (Å²) in [4.78, 5) is 21.7. The molecule has 0 radical (unpaired) electrons. The van der Waals surface area contributed by atoms with Crippen LogP contribution in [0.25, 0.3) is 0 Å². The summed E-state index contributed by atoms with van der Waals surface area (Å²) in [5.74, 6) is -0.832. The summed E-state index contributed by atoms with van der Waals surface area (Å²) in [6.45, 7) is 1.96. The molecule has 8 nitrogen and oxygen atoms in total. The zero-order valence-corrected chi connectivity index (χ0v) is 12.9. The van der Waals surface area contributed by atoms with Gasteiger partial charge in [-0.2, -0.15) is 5.10 Å². The second kappa shape index (κ2) is 7.73. The number of carbonyl (C=O) groups is 1. The average molecular weight is 327 g/mol. The molecule has 0 aliphatic carbocycles. The lowest BCUT2D eigenvalue weighted by Gasteiger charge is -2.09. The largest absolute Gasteiger partial charge is 0.872 e. The number of nitro groups is 1. The van der Waals surface area contributed by atoms with Crippen molar-refractivity contribution in [3.05, 3.63) is 63.7 Å². The van der Waals surface area contributed by atoms with Gasteiger partial charge in [-0.25, -0.2) is 5.43 Å².